The Hall–Kier alpha value is -0.790. The van der Waals surface area contributed by atoms with Gasteiger partial charge in [-0.15, -0.1) is 0 Å². The van der Waals surface area contributed by atoms with Gasteiger partial charge in [0.25, 0.3) is 0 Å². The number of allylic oxidation sites excluding steroid dienone is 2. The lowest BCUT2D eigenvalue weighted by molar-refractivity contribution is -0.253. The predicted molar refractivity (Wildman–Crippen MR) is 113 cm³/mol. The van der Waals surface area contributed by atoms with E-state index in [1.165, 1.54) is 0 Å². The summed E-state index contributed by atoms with van der Waals surface area (Å²) in [4.78, 5) is 13.3. The van der Waals surface area contributed by atoms with Crippen LogP contribution in [0.2, 0.25) is 0 Å². The molecule has 0 aromatic heterocycles. The quantitative estimate of drug-likeness (QED) is 0.527. The number of aliphatic hydroxyl groups is 2. The molecule has 8 unspecified atom stereocenters. The maximum atomic E-state index is 13.3. The smallest absolute Gasteiger partial charge is 0.152 e. The second kappa shape index (κ2) is 6.38. The van der Waals surface area contributed by atoms with Crippen LogP contribution in [0.5, 0.6) is 0 Å². The van der Waals surface area contributed by atoms with Crippen LogP contribution in [0.3, 0.4) is 0 Å². The Balaban J connectivity index is 1.31. The molecule has 6 heteroatoms. The number of nitrogens with zero attached hydrogens (tertiary/aromatic N) is 1. The van der Waals surface area contributed by atoms with Crippen molar-refractivity contribution in [1.82, 2.24) is 16.0 Å². The Morgan fingerprint density at radius 1 is 1.20 bits per heavy atom. The largest absolute Gasteiger partial charge is 0.392 e. The molecule has 5 fully saturated rings. The average molecular weight is 416 g/mol. The van der Waals surface area contributed by atoms with E-state index in [-0.39, 0.29) is 22.9 Å². The summed E-state index contributed by atoms with van der Waals surface area (Å²) in [5.41, 5.74) is 8.73. The summed E-state index contributed by atoms with van der Waals surface area (Å²) in [5.74, 6) is 1.69. The topological polar surface area (TPSA) is 84.8 Å². The van der Waals surface area contributed by atoms with Crippen molar-refractivity contribution in [2.45, 2.75) is 76.9 Å². The van der Waals surface area contributed by atoms with E-state index in [9.17, 15) is 15.0 Å². The molecule has 0 bridgehead atoms. The molecule has 4 saturated carbocycles. The summed E-state index contributed by atoms with van der Waals surface area (Å²) in [6.45, 7) is 6.50. The van der Waals surface area contributed by atoms with Crippen molar-refractivity contribution in [3.63, 3.8) is 0 Å². The third-order valence-electron chi connectivity index (χ3n) is 10.3. The number of hydrogen-bond donors (Lipinski definition) is 4. The zero-order chi connectivity index (χ0) is 20.9. The van der Waals surface area contributed by atoms with Crippen molar-refractivity contribution >= 4 is 5.78 Å². The SMILES string of the molecule is CC1(O)CCC23C(CCC4=C5CCC(C(=O)CN6CCNN6)C5(C)CC(C2O)C43)C1. The molecule has 6 aliphatic rings. The van der Waals surface area contributed by atoms with Crippen LogP contribution in [0, 0.1) is 34.5 Å². The zero-order valence-electron chi connectivity index (χ0n) is 18.4. The first kappa shape index (κ1) is 19.9. The van der Waals surface area contributed by atoms with Crippen molar-refractivity contribution in [3.05, 3.63) is 11.1 Å². The van der Waals surface area contributed by atoms with Gasteiger partial charge in [0.05, 0.1) is 18.2 Å². The van der Waals surface area contributed by atoms with Gasteiger partial charge >= 0.3 is 0 Å². The van der Waals surface area contributed by atoms with Gasteiger partial charge in [-0.1, -0.05) is 18.1 Å². The number of hydrazine groups is 2. The number of hydrogen-bond acceptors (Lipinski definition) is 6. The van der Waals surface area contributed by atoms with E-state index in [1.54, 1.807) is 11.1 Å². The maximum absolute atomic E-state index is 13.3. The van der Waals surface area contributed by atoms with Crippen molar-refractivity contribution in [1.29, 1.82) is 0 Å². The van der Waals surface area contributed by atoms with E-state index in [4.69, 9.17) is 0 Å². The Morgan fingerprint density at radius 2 is 2.03 bits per heavy atom. The predicted octanol–water partition coefficient (Wildman–Crippen LogP) is 1.94. The number of carbonyl (C=O) groups excluding carboxylic acids is 1. The van der Waals surface area contributed by atoms with Gasteiger partial charge in [-0.2, -0.15) is 5.53 Å². The second-order valence-electron chi connectivity index (χ2n) is 11.8. The van der Waals surface area contributed by atoms with E-state index in [2.05, 4.69) is 17.9 Å². The number of aliphatic hydroxyl groups excluding tert-OH is 1. The normalized spacial score (nSPS) is 52.5. The lowest BCUT2D eigenvalue weighted by Crippen LogP contribution is -2.70. The van der Waals surface area contributed by atoms with Crippen LogP contribution in [-0.4, -0.2) is 52.3 Å². The molecule has 6 nitrogen and oxygen atoms in total. The standard InChI is InChI=1S/C24H37N3O3/c1-22(30)7-8-24-14(11-22)3-4-15-17-5-6-18(19(28)13-27-10-9-25-26-27)23(17,2)12-16(20(15)24)21(24)29/h14,16,18,20-21,25-26,29-30H,3-13H2,1-2H3. The number of rotatable bonds is 3. The van der Waals surface area contributed by atoms with Gasteiger partial charge in [-0.25, -0.2) is 10.4 Å². The molecule has 0 amide bonds. The van der Waals surface area contributed by atoms with Gasteiger partial charge in [0.2, 0.25) is 0 Å². The van der Waals surface area contributed by atoms with Gasteiger partial charge in [0, 0.05) is 24.4 Å². The lowest BCUT2D eigenvalue weighted by Gasteiger charge is -2.71. The van der Waals surface area contributed by atoms with Crippen molar-refractivity contribution in [2.24, 2.45) is 34.5 Å². The number of ketones is 1. The number of nitrogens with one attached hydrogen (secondary N) is 2. The molecular formula is C24H37N3O3. The Kier molecular flexibility index (Phi) is 4.22. The third kappa shape index (κ3) is 2.46. The second-order valence-corrected chi connectivity index (χ2v) is 11.8. The molecule has 5 aliphatic carbocycles. The van der Waals surface area contributed by atoms with Crippen molar-refractivity contribution in [2.75, 3.05) is 19.6 Å². The highest BCUT2D eigenvalue weighted by atomic mass is 16.3. The molecule has 0 aromatic carbocycles. The summed E-state index contributed by atoms with van der Waals surface area (Å²) < 4.78 is 0. The number of carbonyl (C=O) groups is 1. The first-order chi connectivity index (χ1) is 14.3. The molecule has 166 valence electrons. The Morgan fingerprint density at radius 3 is 2.80 bits per heavy atom. The summed E-state index contributed by atoms with van der Waals surface area (Å²) in [7, 11) is 0. The minimum Gasteiger partial charge on any atom is -0.392 e. The van der Waals surface area contributed by atoms with Crippen LogP contribution in [0.15, 0.2) is 11.1 Å². The molecule has 4 N–H and O–H groups in total. The molecule has 1 heterocycles. The van der Waals surface area contributed by atoms with Gasteiger partial charge in [0.1, 0.15) is 0 Å². The maximum Gasteiger partial charge on any atom is 0.152 e. The molecule has 30 heavy (non-hydrogen) atoms. The van der Waals surface area contributed by atoms with Gasteiger partial charge in [-0.05, 0) is 81.5 Å². The fraction of sp³-hybridized carbons (Fsp3) is 0.875. The first-order valence-corrected chi connectivity index (χ1v) is 12.2. The fourth-order valence-corrected chi connectivity index (χ4v) is 9.10. The Bertz CT molecular complexity index is 804. The van der Waals surface area contributed by atoms with Crippen molar-refractivity contribution < 1.29 is 15.0 Å². The van der Waals surface area contributed by atoms with E-state index in [0.717, 1.165) is 64.5 Å². The minimum atomic E-state index is -0.572. The molecule has 0 radical (unpaired) electrons. The summed E-state index contributed by atoms with van der Waals surface area (Å²) in [6.07, 6.45) is 7.53. The molecule has 1 spiro atoms. The monoisotopic (exact) mass is 415 g/mol. The van der Waals surface area contributed by atoms with Crippen LogP contribution in [0.4, 0.5) is 0 Å². The molecule has 8 atom stereocenters. The summed E-state index contributed by atoms with van der Waals surface area (Å²) in [6, 6.07) is 0. The zero-order valence-corrected chi connectivity index (χ0v) is 18.4. The van der Waals surface area contributed by atoms with Crippen LogP contribution < -0.4 is 11.0 Å². The van der Waals surface area contributed by atoms with Gasteiger partial charge in [-0.3, -0.25) is 4.79 Å². The molecule has 1 saturated heterocycles. The minimum absolute atomic E-state index is 0.00204. The highest BCUT2D eigenvalue weighted by Crippen LogP contribution is 2.75. The van der Waals surface area contributed by atoms with Crippen LogP contribution in [0.1, 0.15) is 65.2 Å². The molecule has 1 aliphatic heterocycles. The van der Waals surface area contributed by atoms with Crippen LogP contribution >= 0.6 is 0 Å². The van der Waals surface area contributed by atoms with E-state index < -0.39 is 5.60 Å². The molecule has 6 rings (SSSR count). The number of Topliss-reactive ketones (excluding diaryl/α,β-unsaturated/α-hetero) is 1. The third-order valence-corrected chi connectivity index (χ3v) is 10.3. The highest BCUT2D eigenvalue weighted by molar-refractivity contribution is 5.85. The Labute approximate surface area is 179 Å². The number of fused-ring (bicyclic) bond motifs is 1. The lowest BCUT2D eigenvalue weighted by atomic mass is 9.34. The van der Waals surface area contributed by atoms with Gasteiger partial charge < -0.3 is 10.2 Å². The molecular weight excluding hydrogens is 378 g/mol. The van der Waals surface area contributed by atoms with E-state index >= 15 is 0 Å². The highest BCUT2D eigenvalue weighted by Gasteiger charge is 2.72. The first-order valence-electron chi connectivity index (χ1n) is 12.2. The van der Waals surface area contributed by atoms with Gasteiger partial charge in [0.15, 0.2) is 5.78 Å². The average Bonchev–Trinajstić information content (AvgIpc) is 3.32. The van der Waals surface area contributed by atoms with Crippen LogP contribution in [0.25, 0.3) is 0 Å². The summed E-state index contributed by atoms with van der Waals surface area (Å²) in [5, 5.41) is 24.2. The van der Waals surface area contributed by atoms with E-state index in [1.807, 2.05) is 11.9 Å². The molecule has 0 aromatic rings. The van der Waals surface area contributed by atoms with Crippen molar-refractivity contribution in [3.8, 4) is 0 Å². The van der Waals surface area contributed by atoms with E-state index in [0.29, 0.717) is 30.1 Å². The van der Waals surface area contributed by atoms with Crippen LogP contribution in [-0.2, 0) is 4.79 Å². The summed E-state index contributed by atoms with van der Waals surface area (Å²) >= 11 is 0. The fourth-order valence-electron chi connectivity index (χ4n) is 9.10.